The van der Waals surface area contributed by atoms with Gasteiger partial charge in [-0.15, -0.1) is 0 Å². The highest BCUT2D eigenvalue weighted by Gasteiger charge is 2.07. The van der Waals surface area contributed by atoms with Crippen LogP contribution in [-0.4, -0.2) is 18.2 Å². The van der Waals surface area contributed by atoms with Crippen LogP contribution < -0.4 is 5.32 Å². The molecule has 1 unspecified atom stereocenters. The fourth-order valence-corrected chi connectivity index (χ4v) is 0.899. The van der Waals surface area contributed by atoms with Gasteiger partial charge in [0.2, 0.25) is 6.29 Å². The molecule has 0 saturated carbocycles. The van der Waals surface area contributed by atoms with Gasteiger partial charge in [-0.2, -0.15) is 0 Å². The van der Waals surface area contributed by atoms with E-state index in [0.717, 1.165) is 0 Å². The number of carbonyl (C=O) groups is 1. The molecule has 0 spiro atoms. The molecule has 0 aliphatic heterocycles. The van der Waals surface area contributed by atoms with Gasteiger partial charge in [0.1, 0.15) is 0 Å². The van der Waals surface area contributed by atoms with E-state index in [1.54, 1.807) is 37.5 Å². The number of hydrogen-bond donors (Lipinski definition) is 1. The van der Waals surface area contributed by atoms with Crippen molar-refractivity contribution in [2.24, 2.45) is 0 Å². The molecule has 1 atom stereocenters. The smallest absolute Gasteiger partial charge is 0.251 e. The second kappa shape index (κ2) is 4.40. The Kier molecular flexibility index (Phi) is 3.20. The average molecular weight is 176 g/mol. The zero-order valence-corrected chi connectivity index (χ0v) is 7.28. The highest BCUT2D eigenvalue weighted by molar-refractivity contribution is 5.95. The maximum Gasteiger partial charge on any atom is 0.251 e. The fraction of sp³-hybridized carbons (Fsp3) is 0.200. The summed E-state index contributed by atoms with van der Waals surface area (Å²) in [5.41, 5.74) is 0.546. The van der Waals surface area contributed by atoms with Crippen LogP contribution in [0.4, 0.5) is 0 Å². The minimum atomic E-state index is -0.562. The second-order valence-corrected chi connectivity index (χ2v) is 2.68. The largest absolute Gasteiger partial charge is 0.342 e. The molecular formula is C10H10NO2. The van der Waals surface area contributed by atoms with Gasteiger partial charge in [0.25, 0.3) is 5.91 Å². The fourth-order valence-electron chi connectivity index (χ4n) is 0.899. The number of nitrogens with one attached hydrogen (secondary N) is 1. The summed E-state index contributed by atoms with van der Waals surface area (Å²) in [7, 11) is 0. The highest BCUT2D eigenvalue weighted by atomic mass is 16.2. The van der Waals surface area contributed by atoms with Crippen molar-refractivity contribution in [3.8, 4) is 0 Å². The number of carbonyl (C=O) groups excluding carboxylic acids is 2. The zero-order chi connectivity index (χ0) is 9.68. The number of benzene rings is 1. The molecule has 13 heavy (non-hydrogen) atoms. The van der Waals surface area contributed by atoms with Gasteiger partial charge in [-0.3, -0.25) is 9.59 Å². The van der Waals surface area contributed by atoms with Crippen LogP contribution >= 0.6 is 0 Å². The summed E-state index contributed by atoms with van der Waals surface area (Å²) in [4.78, 5) is 21.5. The van der Waals surface area contributed by atoms with Crippen molar-refractivity contribution >= 4 is 12.2 Å². The predicted octanol–water partition coefficient (Wildman–Crippen LogP) is 0.915. The topological polar surface area (TPSA) is 46.2 Å². The molecule has 1 N–H and O–H groups in total. The molecule has 0 heterocycles. The predicted molar refractivity (Wildman–Crippen MR) is 49.1 cm³/mol. The molecule has 1 radical (unpaired) electrons. The Bertz CT molecular complexity index is 295. The lowest BCUT2D eigenvalue weighted by Gasteiger charge is -2.05. The van der Waals surface area contributed by atoms with Crippen LogP contribution in [0.5, 0.6) is 0 Å². The lowest BCUT2D eigenvalue weighted by molar-refractivity contribution is 0.0948. The van der Waals surface area contributed by atoms with E-state index in [2.05, 4.69) is 5.32 Å². The first-order valence-corrected chi connectivity index (χ1v) is 3.97. The molecule has 0 aliphatic carbocycles. The van der Waals surface area contributed by atoms with Crippen molar-refractivity contribution in [1.82, 2.24) is 5.32 Å². The maximum absolute atomic E-state index is 11.3. The maximum atomic E-state index is 11.3. The van der Waals surface area contributed by atoms with E-state index in [0.29, 0.717) is 5.56 Å². The lowest BCUT2D eigenvalue weighted by atomic mass is 10.2. The van der Waals surface area contributed by atoms with E-state index in [1.165, 1.54) is 0 Å². The van der Waals surface area contributed by atoms with Crippen LogP contribution in [0.3, 0.4) is 0 Å². The van der Waals surface area contributed by atoms with Crippen LogP contribution in [0.1, 0.15) is 17.3 Å². The first-order valence-electron chi connectivity index (χ1n) is 3.97. The van der Waals surface area contributed by atoms with Crippen molar-refractivity contribution in [3.63, 3.8) is 0 Å². The highest BCUT2D eigenvalue weighted by Crippen LogP contribution is 1.97. The van der Waals surface area contributed by atoms with Gasteiger partial charge in [0.05, 0.1) is 6.04 Å². The summed E-state index contributed by atoms with van der Waals surface area (Å²) in [6, 6.07) is 8.17. The van der Waals surface area contributed by atoms with E-state index < -0.39 is 6.04 Å². The third-order valence-corrected chi connectivity index (χ3v) is 1.56. The first-order chi connectivity index (χ1) is 6.24. The molecule has 0 bridgehead atoms. The van der Waals surface area contributed by atoms with Crippen LogP contribution in [0.2, 0.25) is 0 Å². The van der Waals surface area contributed by atoms with Gasteiger partial charge >= 0.3 is 0 Å². The molecular weight excluding hydrogens is 166 g/mol. The van der Waals surface area contributed by atoms with Gasteiger partial charge in [-0.05, 0) is 19.1 Å². The Labute approximate surface area is 76.8 Å². The SMILES string of the molecule is CC([C]=O)NC(=O)c1ccccc1. The Morgan fingerprint density at radius 1 is 1.38 bits per heavy atom. The molecule has 3 heteroatoms. The second-order valence-electron chi connectivity index (χ2n) is 2.68. The number of rotatable bonds is 3. The van der Waals surface area contributed by atoms with Crippen molar-refractivity contribution in [1.29, 1.82) is 0 Å². The van der Waals surface area contributed by atoms with Crippen LogP contribution in [0.25, 0.3) is 0 Å². The summed E-state index contributed by atoms with van der Waals surface area (Å²) in [5.74, 6) is -0.253. The normalized spacial score (nSPS) is 11.8. The Morgan fingerprint density at radius 3 is 2.54 bits per heavy atom. The number of amides is 1. The molecule has 1 aromatic carbocycles. The third kappa shape index (κ3) is 2.71. The van der Waals surface area contributed by atoms with Crippen molar-refractivity contribution in [2.75, 3.05) is 0 Å². The van der Waals surface area contributed by atoms with E-state index in [1.807, 2.05) is 6.07 Å². The van der Waals surface area contributed by atoms with Crippen molar-refractivity contribution in [2.45, 2.75) is 13.0 Å². The zero-order valence-electron chi connectivity index (χ0n) is 7.28. The minimum Gasteiger partial charge on any atom is -0.342 e. The summed E-state index contributed by atoms with van der Waals surface area (Å²) in [6.07, 6.45) is 1.68. The monoisotopic (exact) mass is 176 g/mol. The molecule has 0 saturated heterocycles. The van der Waals surface area contributed by atoms with Gasteiger partial charge < -0.3 is 5.32 Å². The molecule has 67 valence electrons. The van der Waals surface area contributed by atoms with Crippen LogP contribution in [0, 0.1) is 0 Å². The standard InChI is InChI=1S/C10H10NO2/c1-8(7-12)11-10(13)9-5-3-2-4-6-9/h2-6,8H,1H3,(H,11,13). The Hall–Kier alpha value is -1.64. The van der Waals surface area contributed by atoms with Crippen LogP contribution in [-0.2, 0) is 4.79 Å². The molecule has 0 fully saturated rings. The van der Waals surface area contributed by atoms with E-state index in [-0.39, 0.29) is 5.91 Å². The van der Waals surface area contributed by atoms with Crippen molar-refractivity contribution in [3.05, 3.63) is 35.9 Å². The summed E-state index contributed by atoms with van der Waals surface area (Å²) < 4.78 is 0. The van der Waals surface area contributed by atoms with Gasteiger partial charge in [0, 0.05) is 5.56 Å². The van der Waals surface area contributed by atoms with Crippen LogP contribution in [0.15, 0.2) is 30.3 Å². The molecule has 1 amide bonds. The summed E-state index contributed by atoms with van der Waals surface area (Å²) in [5, 5.41) is 2.48. The Balaban J connectivity index is 2.64. The van der Waals surface area contributed by atoms with Gasteiger partial charge in [-0.1, -0.05) is 18.2 Å². The lowest BCUT2D eigenvalue weighted by Crippen LogP contribution is -2.33. The summed E-state index contributed by atoms with van der Waals surface area (Å²) in [6.45, 7) is 1.58. The first kappa shape index (κ1) is 9.45. The molecule has 3 nitrogen and oxygen atoms in total. The quantitative estimate of drug-likeness (QED) is 0.744. The van der Waals surface area contributed by atoms with E-state index >= 15 is 0 Å². The molecule has 0 aromatic heterocycles. The summed E-state index contributed by atoms with van der Waals surface area (Å²) >= 11 is 0. The van der Waals surface area contributed by atoms with Gasteiger partial charge in [0.15, 0.2) is 0 Å². The van der Waals surface area contributed by atoms with Gasteiger partial charge in [-0.25, -0.2) is 0 Å². The third-order valence-electron chi connectivity index (χ3n) is 1.56. The van der Waals surface area contributed by atoms with Crippen molar-refractivity contribution < 1.29 is 9.59 Å². The number of hydrogen-bond acceptors (Lipinski definition) is 2. The molecule has 1 rings (SSSR count). The molecule has 0 aliphatic rings. The minimum absolute atomic E-state index is 0.253. The van der Waals surface area contributed by atoms with E-state index in [9.17, 15) is 9.59 Å². The Morgan fingerprint density at radius 2 is 2.00 bits per heavy atom. The van der Waals surface area contributed by atoms with E-state index in [4.69, 9.17) is 0 Å². The average Bonchev–Trinajstić information content (AvgIpc) is 2.19. The molecule has 1 aromatic rings.